The number of carbonyl (C=O) groups is 2. The molecule has 0 spiro atoms. The van der Waals surface area contributed by atoms with E-state index in [0.717, 1.165) is 0 Å². The number of hydrogen-bond donors (Lipinski definition) is 2. The van der Waals surface area contributed by atoms with Gasteiger partial charge in [-0.25, -0.2) is 19.6 Å². The maximum atomic E-state index is 12.7. The van der Waals surface area contributed by atoms with Crippen molar-refractivity contribution in [2.24, 2.45) is 0 Å². The fraction of sp³-hybridized carbons (Fsp3) is 0.154. The van der Waals surface area contributed by atoms with Gasteiger partial charge in [-0.05, 0) is 60.7 Å². The molecule has 0 amide bonds. The minimum atomic E-state index is -4.73. The molecule has 0 aromatic carbocycles. The predicted octanol–water partition coefficient (Wildman–Crippen LogP) is 6.09. The molecule has 0 saturated heterocycles. The van der Waals surface area contributed by atoms with Gasteiger partial charge in [-0.1, -0.05) is 0 Å². The summed E-state index contributed by atoms with van der Waals surface area (Å²) in [5.41, 5.74) is 1.13. The molecule has 0 radical (unpaired) electrons. The normalized spacial score (nSPS) is 12.9. The molecule has 40 heavy (non-hydrogen) atoms. The molecule has 8 nitrogen and oxygen atoms in total. The number of carbonyl (C=O) groups excluding carboxylic acids is 2. The van der Waals surface area contributed by atoms with Gasteiger partial charge < -0.3 is 19.4 Å². The van der Waals surface area contributed by atoms with Gasteiger partial charge in [0.25, 0.3) is 0 Å². The van der Waals surface area contributed by atoms with E-state index in [9.17, 15) is 35.9 Å². The summed E-state index contributed by atoms with van der Waals surface area (Å²) in [6.45, 7) is -3.57. The molecule has 206 valence electrons. The van der Waals surface area contributed by atoms with Crippen LogP contribution in [0.5, 0.6) is 0 Å². The molecule has 8 bridgehead atoms. The zero-order chi connectivity index (χ0) is 28.7. The number of ether oxygens (including phenoxy) is 2. The Hall–Kier alpha value is -4.88. The van der Waals surface area contributed by atoms with Crippen LogP contribution in [0, 0.1) is 0 Å². The van der Waals surface area contributed by atoms with E-state index in [0.29, 0.717) is 11.0 Å². The van der Waals surface area contributed by atoms with Crippen molar-refractivity contribution in [1.82, 2.24) is 19.9 Å². The number of aromatic nitrogens is 4. The predicted molar refractivity (Wildman–Crippen MR) is 132 cm³/mol. The number of hydrogen-bond acceptors (Lipinski definition) is 6. The van der Waals surface area contributed by atoms with Crippen LogP contribution in [0.3, 0.4) is 0 Å². The van der Waals surface area contributed by atoms with E-state index in [-0.39, 0.29) is 44.9 Å². The van der Waals surface area contributed by atoms with E-state index >= 15 is 0 Å². The van der Waals surface area contributed by atoms with E-state index in [2.05, 4.69) is 29.4 Å². The number of aromatic amines is 2. The summed E-state index contributed by atoms with van der Waals surface area (Å²) in [6.07, 6.45) is -3.65. The number of halogens is 6. The Morgan fingerprint density at radius 1 is 0.650 bits per heavy atom. The lowest BCUT2D eigenvalue weighted by atomic mass is 10.2. The topological polar surface area (TPSA) is 110 Å². The Morgan fingerprint density at radius 2 is 1.05 bits per heavy atom. The Kier molecular flexibility index (Phi) is 6.69. The lowest BCUT2D eigenvalue weighted by Gasteiger charge is -2.08. The van der Waals surface area contributed by atoms with Crippen molar-refractivity contribution >= 4 is 58.3 Å². The highest BCUT2D eigenvalue weighted by Crippen LogP contribution is 2.25. The first kappa shape index (κ1) is 26.7. The van der Waals surface area contributed by atoms with Crippen LogP contribution in [0.15, 0.2) is 36.4 Å². The quantitative estimate of drug-likeness (QED) is 0.203. The van der Waals surface area contributed by atoms with Gasteiger partial charge in [-0.15, -0.1) is 0 Å². The standard InChI is InChI=1S/C26H16F6N4O4/c27-25(28,29)11-39-23(37)21-17-5-1-13(33-17)9-14-2-6-19(34-14)22(24(38)40-12-26(30,31)32)20-8-4-16(36-20)10-15-3-7-18(21)35-15/h1-10,33,36H,11-12H2. The van der Waals surface area contributed by atoms with E-state index in [1.165, 1.54) is 60.7 Å². The molecule has 3 aromatic rings. The SMILES string of the molecule is O=C(OCC(F)(F)F)c1c2nc(cc3ccc([nH]3)c(C(=O)OCC(F)(F)F)c3nc(cc4ccc1[nH]4)C=C3)C=C2. The summed E-state index contributed by atoms with van der Waals surface area (Å²) in [4.78, 5) is 39.9. The molecular formula is C26H16F6N4O4. The zero-order valence-electron chi connectivity index (χ0n) is 20.0. The molecular weight excluding hydrogens is 546 g/mol. The summed E-state index contributed by atoms with van der Waals surface area (Å²) in [7, 11) is 0. The number of fused-ring (bicyclic) bond motifs is 8. The molecule has 5 heterocycles. The zero-order valence-corrected chi connectivity index (χ0v) is 20.0. The van der Waals surface area contributed by atoms with Crippen LogP contribution in [-0.2, 0) is 9.47 Å². The number of alkyl halides is 6. The largest absolute Gasteiger partial charge is 0.452 e. The number of rotatable bonds is 4. The fourth-order valence-corrected chi connectivity index (χ4v) is 3.94. The monoisotopic (exact) mass is 562 g/mol. The first-order valence-corrected chi connectivity index (χ1v) is 11.4. The lowest BCUT2D eigenvalue weighted by molar-refractivity contribution is -0.161. The van der Waals surface area contributed by atoms with Gasteiger partial charge in [0.15, 0.2) is 13.2 Å². The van der Waals surface area contributed by atoms with Crippen molar-refractivity contribution in [3.8, 4) is 0 Å². The van der Waals surface area contributed by atoms with Gasteiger partial charge in [0.2, 0.25) is 0 Å². The fourth-order valence-electron chi connectivity index (χ4n) is 3.94. The first-order chi connectivity index (χ1) is 18.8. The molecule has 0 saturated carbocycles. The Labute approximate surface area is 220 Å². The van der Waals surface area contributed by atoms with E-state index in [4.69, 9.17) is 0 Å². The molecule has 0 unspecified atom stereocenters. The van der Waals surface area contributed by atoms with Crippen molar-refractivity contribution in [2.45, 2.75) is 12.4 Å². The molecule has 2 N–H and O–H groups in total. The number of nitrogens with one attached hydrogen (secondary N) is 2. The van der Waals surface area contributed by atoms with Crippen molar-refractivity contribution in [1.29, 1.82) is 0 Å². The third-order valence-corrected chi connectivity index (χ3v) is 5.54. The van der Waals surface area contributed by atoms with Gasteiger partial charge in [-0.3, -0.25) is 0 Å². The van der Waals surface area contributed by atoms with Crippen LogP contribution in [0.2, 0.25) is 0 Å². The molecule has 0 fully saturated rings. The number of nitrogens with zero attached hydrogens (tertiary/aromatic N) is 2. The van der Waals surface area contributed by atoms with Crippen LogP contribution >= 0.6 is 0 Å². The van der Waals surface area contributed by atoms with Gasteiger partial charge in [0, 0.05) is 11.0 Å². The summed E-state index contributed by atoms with van der Waals surface area (Å²) in [5, 5.41) is 0. The third-order valence-electron chi connectivity index (χ3n) is 5.54. The lowest BCUT2D eigenvalue weighted by Crippen LogP contribution is -2.21. The highest BCUT2D eigenvalue weighted by Gasteiger charge is 2.32. The van der Waals surface area contributed by atoms with E-state index in [1.54, 1.807) is 0 Å². The Morgan fingerprint density at radius 3 is 1.43 bits per heavy atom. The van der Waals surface area contributed by atoms with Gasteiger partial charge >= 0.3 is 24.3 Å². The van der Waals surface area contributed by atoms with Gasteiger partial charge in [-0.2, -0.15) is 26.3 Å². The second kappa shape index (κ2) is 10.0. The highest BCUT2D eigenvalue weighted by molar-refractivity contribution is 6.03. The van der Waals surface area contributed by atoms with Crippen LogP contribution < -0.4 is 0 Å². The maximum Gasteiger partial charge on any atom is 0.422 e. The molecule has 14 heteroatoms. The Bertz CT molecular complexity index is 1600. The Balaban J connectivity index is 1.72. The van der Waals surface area contributed by atoms with E-state index in [1.807, 2.05) is 0 Å². The van der Waals surface area contributed by atoms with Gasteiger partial charge in [0.05, 0.1) is 33.8 Å². The molecule has 5 rings (SSSR count). The molecule has 2 aliphatic heterocycles. The van der Waals surface area contributed by atoms with Crippen LogP contribution in [0.25, 0.3) is 46.4 Å². The van der Waals surface area contributed by atoms with Crippen molar-refractivity contribution in [3.63, 3.8) is 0 Å². The van der Waals surface area contributed by atoms with Crippen LogP contribution in [0.4, 0.5) is 26.3 Å². The minimum Gasteiger partial charge on any atom is -0.452 e. The van der Waals surface area contributed by atoms with Crippen molar-refractivity contribution < 1.29 is 45.4 Å². The molecule has 0 atom stereocenters. The smallest absolute Gasteiger partial charge is 0.422 e. The number of H-pyrrole nitrogens is 2. The third kappa shape index (κ3) is 6.06. The molecule has 0 aliphatic carbocycles. The average Bonchev–Trinajstić information content (AvgIpc) is 3.66. The van der Waals surface area contributed by atoms with E-state index < -0.39 is 37.5 Å². The minimum absolute atomic E-state index is 0.0300. The van der Waals surface area contributed by atoms with Crippen LogP contribution in [0.1, 0.15) is 43.5 Å². The summed E-state index contributed by atoms with van der Waals surface area (Å²) >= 11 is 0. The highest BCUT2D eigenvalue weighted by atomic mass is 19.4. The average molecular weight is 562 g/mol. The van der Waals surface area contributed by atoms with Crippen molar-refractivity contribution in [3.05, 3.63) is 70.3 Å². The maximum absolute atomic E-state index is 12.7. The van der Waals surface area contributed by atoms with Gasteiger partial charge in [0.1, 0.15) is 11.1 Å². The first-order valence-electron chi connectivity index (χ1n) is 11.4. The summed E-state index contributed by atoms with van der Waals surface area (Å²) in [5.74, 6) is -2.49. The van der Waals surface area contributed by atoms with Crippen LogP contribution in [-0.4, -0.2) is 57.4 Å². The molecule has 3 aromatic heterocycles. The number of esters is 2. The summed E-state index contributed by atoms with van der Waals surface area (Å²) in [6, 6.07) is 8.92. The second-order valence-corrected chi connectivity index (χ2v) is 8.59. The van der Waals surface area contributed by atoms with Crippen molar-refractivity contribution in [2.75, 3.05) is 13.2 Å². The summed E-state index contributed by atoms with van der Waals surface area (Å²) < 4.78 is 85.3. The molecule has 2 aliphatic rings. The second-order valence-electron chi connectivity index (χ2n) is 8.59.